The van der Waals surface area contributed by atoms with Crippen molar-refractivity contribution >= 4 is 49.8 Å². The number of benzene rings is 2. The number of hydrogen-bond acceptors (Lipinski definition) is 8. The molecule has 1 aliphatic rings. The van der Waals surface area contributed by atoms with Crippen LogP contribution in [-0.2, 0) is 14.8 Å². The van der Waals surface area contributed by atoms with Crippen LogP contribution in [0.3, 0.4) is 0 Å². The third kappa shape index (κ3) is 4.39. The summed E-state index contributed by atoms with van der Waals surface area (Å²) < 4.78 is 34.7. The van der Waals surface area contributed by atoms with Gasteiger partial charge in [0.15, 0.2) is 10.4 Å². The number of nitrogens with one attached hydrogen (secondary N) is 1. The molecule has 1 N–H and O–H groups in total. The summed E-state index contributed by atoms with van der Waals surface area (Å²) in [5, 5.41) is 10.9. The van der Waals surface area contributed by atoms with Gasteiger partial charge < -0.3 is 4.74 Å². The zero-order chi connectivity index (χ0) is 22.2. The van der Waals surface area contributed by atoms with Crippen molar-refractivity contribution in [3.63, 3.8) is 0 Å². The molecule has 0 unspecified atom stereocenters. The summed E-state index contributed by atoms with van der Waals surface area (Å²) in [5.74, 6) is -0.158. The predicted molar refractivity (Wildman–Crippen MR) is 122 cm³/mol. The number of fused-ring (bicyclic) bond motifs is 1. The number of aromatic nitrogens is 2. The van der Waals surface area contributed by atoms with Gasteiger partial charge in [0, 0.05) is 0 Å². The average Bonchev–Trinajstić information content (AvgIpc) is 3.20. The van der Waals surface area contributed by atoms with Gasteiger partial charge in [-0.3, -0.25) is 14.4 Å². The fraction of sp³-hybridized carbons (Fsp3) is 0.250. The maximum atomic E-state index is 13.5. The molecule has 0 bridgehead atoms. The van der Waals surface area contributed by atoms with E-state index in [0.29, 0.717) is 20.9 Å². The van der Waals surface area contributed by atoms with Gasteiger partial charge in [0.05, 0.1) is 17.1 Å². The molecule has 1 aromatic heterocycles. The van der Waals surface area contributed by atoms with Crippen molar-refractivity contribution in [1.29, 1.82) is 0 Å². The van der Waals surface area contributed by atoms with E-state index in [0.717, 1.165) is 11.1 Å². The van der Waals surface area contributed by atoms with Crippen LogP contribution in [-0.4, -0.2) is 43.4 Å². The summed E-state index contributed by atoms with van der Waals surface area (Å²) in [4.78, 5) is 13.0. The SMILES string of the molecule is CSc1nnc(NC(=O)[C@H]2CN(S(=O)(=O)c3ccc(C)cc3)c3cc(C)ccc3O2)s1. The van der Waals surface area contributed by atoms with Gasteiger partial charge in [0.25, 0.3) is 15.9 Å². The fourth-order valence-electron chi connectivity index (χ4n) is 3.09. The number of rotatable bonds is 5. The minimum Gasteiger partial charge on any atom is -0.476 e. The van der Waals surface area contributed by atoms with Gasteiger partial charge >= 0.3 is 0 Å². The van der Waals surface area contributed by atoms with E-state index in [4.69, 9.17) is 4.74 Å². The Morgan fingerprint density at radius 3 is 2.55 bits per heavy atom. The topological polar surface area (TPSA) is 101 Å². The Kier molecular flexibility index (Phi) is 5.91. The highest BCUT2D eigenvalue weighted by atomic mass is 32.2. The molecule has 0 saturated carbocycles. The van der Waals surface area contributed by atoms with E-state index in [9.17, 15) is 13.2 Å². The van der Waals surface area contributed by atoms with Crippen LogP contribution in [0.2, 0.25) is 0 Å². The lowest BCUT2D eigenvalue weighted by molar-refractivity contribution is -0.122. The smallest absolute Gasteiger partial charge is 0.269 e. The Balaban J connectivity index is 1.68. The van der Waals surface area contributed by atoms with Crippen molar-refractivity contribution < 1.29 is 17.9 Å². The second-order valence-corrected chi connectivity index (χ2v) is 10.9. The molecule has 162 valence electrons. The molecule has 1 amide bonds. The molecule has 0 radical (unpaired) electrons. The molecule has 3 aromatic rings. The van der Waals surface area contributed by atoms with Gasteiger partial charge in [-0.25, -0.2) is 8.42 Å². The minimum absolute atomic E-state index is 0.153. The number of thioether (sulfide) groups is 1. The lowest BCUT2D eigenvalue weighted by Crippen LogP contribution is -2.48. The summed E-state index contributed by atoms with van der Waals surface area (Å²) in [5.41, 5.74) is 2.24. The molecule has 0 aliphatic carbocycles. The molecular formula is C20H20N4O4S3. The van der Waals surface area contributed by atoms with E-state index in [-0.39, 0.29) is 11.4 Å². The van der Waals surface area contributed by atoms with Crippen LogP contribution < -0.4 is 14.4 Å². The van der Waals surface area contributed by atoms with Crippen LogP contribution >= 0.6 is 23.1 Å². The lowest BCUT2D eigenvalue weighted by atomic mass is 10.1. The number of nitrogens with zero attached hydrogens (tertiary/aromatic N) is 3. The summed E-state index contributed by atoms with van der Waals surface area (Å²) in [6, 6.07) is 11.8. The zero-order valence-electron chi connectivity index (χ0n) is 17.0. The highest BCUT2D eigenvalue weighted by Gasteiger charge is 2.38. The molecule has 1 aliphatic heterocycles. The standard InChI is InChI=1S/C20H20N4O4S3/c1-12-4-7-14(8-5-12)31(26,27)24-11-17(28-16-9-6-13(2)10-15(16)24)18(25)21-19-22-23-20(29-3)30-19/h4-10,17H,11H2,1-3H3,(H,21,22,25)/t17-/m1/s1. The summed E-state index contributed by atoms with van der Waals surface area (Å²) in [6.07, 6.45) is 0.820. The zero-order valence-corrected chi connectivity index (χ0v) is 19.5. The van der Waals surface area contributed by atoms with Crippen molar-refractivity contribution in [1.82, 2.24) is 10.2 Å². The largest absolute Gasteiger partial charge is 0.476 e. The Bertz CT molecular complexity index is 1230. The second-order valence-electron chi connectivity index (χ2n) is 6.99. The molecule has 0 spiro atoms. The number of sulfonamides is 1. The average molecular weight is 477 g/mol. The van der Waals surface area contributed by atoms with Crippen molar-refractivity contribution in [2.45, 2.75) is 29.2 Å². The monoisotopic (exact) mass is 476 g/mol. The van der Waals surface area contributed by atoms with Gasteiger partial charge in [-0.1, -0.05) is 46.9 Å². The van der Waals surface area contributed by atoms with E-state index in [2.05, 4.69) is 15.5 Å². The van der Waals surface area contributed by atoms with Gasteiger partial charge in [0.2, 0.25) is 5.13 Å². The predicted octanol–water partition coefficient (Wildman–Crippen LogP) is 3.47. The van der Waals surface area contributed by atoms with Gasteiger partial charge in [-0.15, -0.1) is 10.2 Å². The maximum absolute atomic E-state index is 13.5. The first-order valence-corrected chi connectivity index (χ1v) is 12.8. The minimum atomic E-state index is -3.90. The fourth-order valence-corrected chi connectivity index (χ4v) is 5.73. The first-order chi connectivity index (χ1) is 14.8. The lowest BCUT2D eigenvalue weighted by Gasteiger charge is -2.34. The molecule has 1 atom stereocenters. The van der Waals surface area contributed by atoms with Crippen LogP contribution in [0.1, 0.15) is 11.1 Å². The molecule has 2 aromatic carbocycles. The summed E-state index contributed by atoms with van der Waals surface area (Å²) in [7, 11) is -3.90. The number of carbonyl (C=O) groups is 1. The molecule has 4 rings (SSSR count). The maximum Gasteiger partial charge on any atom is 0.269 e. The first kappa shape index (κ1) is 21.6. The number of hydrogen-bond donors (Lipinski definition) is 1. The third-order valence-corrected chi connectivity index (χ3v) is 8.30. The molecule has 8 nitrogen and oxygen atoms in total. The molecule has 31 heavy (non-hydrogen) atoms. The van der Waals surface area contributed by atoms with E-state index in [1.807, 2.05) is 26.2 Å². The normalized spacial score (nSPS) is 15.8. The number of aryl methyl sites for hydroxylation is 2. The van der Waals surface area contributed by atoms with Crippen LogP contribution in [0, 0.1) is 13.8 Å². The number of amides is 1. The van der Waals surface area contributed by atoms with Crippen LogP contribution in [0.25, 0.3) is 0 Å². The summed E-state index contributed by atoms with van der Waals surface area (Å²) >= 11 is 2.66. The van der Waals surface area contributed by atoms with E-state index in [1.54, 1.807) is 36.4 Å². The quantitative estimate of drug-likeness (QED) is 0.444. The van der Waals surface area contributed by atoms with E-state index >= 15 is 0 Å². The molecule has 0 saturated heterocycles. The molecule has 0 fully saturated rings. The van der Waals surface area contributed by atoms with Crippen molar-refractivity contribution in [3.8, 4) is 5.75 Å². The van der Waals surface area contributed by atoms with Crippen LogP contribution in [0.4, 0.5) is 10.8 Å². The number of carbonyl (C=O) groups excluding carboxylic acids is 1. The Labute approximate surface area is 188 Å². The van der Waals surface area contributed by atoms with Crippen LogP contribution in [0.15, 0.2) is 51.7 Å². The third-order valence-electron chi connectivity index (χ3n) is 4.70. The van der Waals surface area contributed by atoms with Crippen molar-refractivity contribution in [2.75, 3.05) is 22.4 Å². The highest BCUT2D eigenvalue weighted by Crippen LogP contribution is 2.38. The van der Waals surface area contributed by atoms with E-state index in [1.165, 1.54) is 27.4 Å². The van der Waals surface area contributed by atoms with Crippen molar-refractivity contribution in [2.24, 2.45) is 0 Å². The molecular weight excluding hydrogens is 456 g/mol. The Hall–Kier alpha value is -2.63. The van der Waals surface area contributed by atoms with Gasteiger partial charge in [0.1, 0.15) is 5.75 Å². The summed E-state index contributed by atoms with van der Waals surface area (Å²) in [6.45, 7) is 3.60. The van der Waals surface area contributed by atoms with Gasteiger partial charge in [-0.2, -0.15) is 0 Å². The van der Waals surface area contributed by atoms with E-state index < -0.39 is 22.0 Å². The molecule has 2 heterocycles. The first-order valence-electron chi connectivity index (χ1n) is 9.33. The van der Waals surface area contributed by atoms with Crippen molar-refractivity contribution in [3.05, 3.63) is 53.6 Å². The molecule has 11 heteroatoms. The highest BCUT2D eigenvalue weighted by molar-refractivity contribution is 8.00. The Morgan fingerprint density at radius 2 is 1.87 bits per heavy atom. The second kappa shape index (κ2) is 8.48. The van der Waals surface area contributed by atoms with Gasteiger partial charge in [-0.05, 0) is 49.9 Å². The number of ether oxygens (including phenoxy) is 1. The van der Waals surface area contributed by atoms with Crippen LogP contribution in [0.5, 0.6) is 5.75 Å². The Morgan fingerprint density at radius 1 is 1.16 bits per heavy atom. The number of anilines is 2.